The first kappa shape index (κ1) is 24.6. The Kier molecular flexibility index (Phi) is 6.61. The van der Waals surface area contributed by atoms with E-state index in [1.54, 1.807) is 6.20 Å². The highest BCUT2D eigenvalue weighted by atomic mass is 16.5. The van der Waals surface area contributed by atoms with Gasteiger partial charge in [-0.3, -0.25) is 14.6 Å². The maximum absolute atomic E-state index is 14.0. The topological polar surface area (TPSA) is 59.5 Å². The van der Waals surface area contributed by atoms with Gasteiger partial charge < -0.3 is 9.64 Å². The molecule has 2 aliphatic carbocycles. The van der Waals surface area contributed by atoms with Gasteiger partial charge in [-0.25, -0.2) is 0 Å². The van der Waals surface area contributed by atoms with Gasteiger partial charge >= 0.3 is 0 Å². The van der Waals surface area contributed by atoms with E-state index in [0.717, 1.165) is 62.1 Å². The molecule has 38 heavy (non-hydrogen) atoms. The third-order valence-electron chi connectivity index (χ3n) is 8.83. The molecular weight excluding hydrogens is 472 g/mol. The fourth-order valence-electron chi connectivity index (χ4n) is 6.70. The van der Waals surface area contributed by atoms with Crippen LogP contribution in [-0.4, -0.2) is 34.7 Å². The number of carbonyl (C=O) groups excluding carboxylic acids is 2. The number of likely N-dealkylation sites (tertiary alicyclic amines) is 1. The van der Waals surface area contributed by atoms with Crippen LogP contribution in [0, 0.1) is 11.8 Å². The highest BCUT2D eigenvalue weighted by Gasteiger charge is 2.57. The third-order valence-corrected chi connectivity index (χ3v) is 8.83. The summed E-state index contributed by atoms with van der Waals surface area (Å²) in [5.74, 6) is 1.65. The molecule has 2 fully saturated rings. The molecule has 6 rings (SSSR count). The second-order valence-electron chi connectivity index (χ2n) is 11.0. The Hall–Kier alpha value is -3.73. The summed E-state index contributed by atoms with van der Waals surface area (Å²) in [6.45, 7) is 2.93. The molecule has 3 aliphatic rings. The summed E-state index contributed by atoms with van der Waals surface area (Å²) in [4.78, 5) is 33.1. The molecule has 3 aromatic rings. The number of fused-ring (bicyclic) bond motifs is 2. The smallest absolute Gasteiger partial charge is 0.238 e. The van der Waals surface area contributed by atoms with Crippen LogP contribution in [0.2, 0.25) is 0 Å². The second kappa shape index (κ2) is 10.2. The summed E-state index contributed by atoms with van der Waals surface area (Å²) in [5, 5.41) is 0. The molecule has 1 saturated carbocycles. The number of pyridine rings is 1. The molecule has 2 heterocycles. The van der Waals surface area contributed by atoms with Gasteiger partial charge in [-0.2, -0.15) is 0 Å². The van der Waals surface area contributed by atoms with Crippen molar-refractivity contribution in [2.45, 2.75) is 50.9 Å². The molecule has 0 N–H and O–H groups in total. The first-order valence-corrected chi connectivity index (χ1v) is 13.8. The fourth-order valence-corrected chi connectivity index (χ4v) is 6.70. The number of aromatic nitrogens is 1. The van der Waals surface area contributed by atoms with Crippen molar-refractivity contribution in [3.8, 4) is 16.9 Å². The van der Waals surface area contributed by atoms with E-state index in [1.165, 1.54) is 16.7 Å². The van der Waals surface area contributed by atoms with Crippen LogP contribution in [0.15, 0.2) is 84.8 Å². The highest BCUT2D eigenvalue weighted by Crippen LogP contribution is 2.54. The number of nitrogens with zero attached hydrogens (tertiary/aromatic N) is 2. The summed E-state index contributed by atoms with van der Waals surface area (Å²) in [7, 11) is 0. The molecule has 1 saturated heterocycles. The highest BCUT2D eigenvalue weighted by molar-refractivity contribution is 5.97. The van der Waals surface area contributed by atoms with Crippen LogP contribution < -0.4 is 4.74 Å². The minimum Gasteiger partial charge on any atom is -0.486 e. The van der Waals surface area contributed by atoms with Crippen LogP contribution in [-0.2, 0) is 21.4 Å². The zero-order valence-electron chi connectivity index (χ0n) is 21.9. The molecule has 1 aromatic heterocycles. The lowest BCUT2D eigenvalue weighted by Gasteiger charge is -2.41. The number of Topliss-reactive ketones (excluding diaryl/α,β-unsaturated/α-hetero) is 1. The minimum atomic E-state index is -0.433. The van der Waals surface area contributed by atoms with Gasteiger partial charge in [0, 0.05) is 42.5 Å². The molecule has 1 unspecified atom stereocenters. The van der Waals surface area contributed by atoms with Crippen LogP contribution in [0.1, 0.15) is 50.2 Å². The predicted molar refractivity (Wildman–Crippen MR) is 148 cm³/mol. The Morgan fingerprint density at radius 3 is 2.58 bits per heavy atom. The molecule has 1 atom stereocenters. The predicted octanol–water partition coefficient (Wildman–Crippen LogP) is 6.13. The molecule has 194 valence electrons. The van der Waals surface area contributed by atoms with Crippen molar-refractivity contribution in [1.82, 2.24) is 9.88 Å². The number of hydrogen-bond donors (Lipinski definition) is 0. The van der Waals surface area contributed by atoms with E-state index in [1.807, 2.05) is 49.5 Å². The van der Waals surface area contributed by atoms with Crippen LogP contribution in [0.5, 0.6) is 5.75 Å². The molecule has 1 amide bonds. The van der Waals surface area contributed by atoms with E-state index in [4.69, 9.17) is 4.74 Å². The number of allylic oxidation sites excluding steroid dienone is 2. The summed E-state index contributed by atoms with van der Waals surface area (Å²) < 4.78 is 5.69. The molecule has 5 heteroatoms. The Morgan fingerprint density at radius 1 is 1.03 bits per heavy atom. The van der Waals surface area contributed by atoms with Crippen LogP contribution in [0.3, 0.4) is 0 Å². The quantitative estimate of drug-likeness (QED) is 0.387. The largest absolute Gasteiger partial charge is 0.486 e. The lowest BCUT2D eigenvalue weighted by atomic mass is 9.61. The van der Waals surface area contributed by atoms with E-state index in [0.29, 0.717) is 5.92 Å². The van der Waals surface area contributed by atoms with Gasteiger partial charge in [0.25, 0.3) is 0 Å². The maximum atomic E-state index is 14.0. The Labute approximate surface area is 224 Å². The molecule has 0 radical (unpaired) electrons. The summed E-state index contributed by atoms with van der Waals surface area (Å²) in [6.07, 6.45) is 11.0. The zero-order valence-corrected chi connectivity index (χ0v) is 21.9. The lowest BCUT2D eigenvalue weighted by Crippen LogP contribution is -2.47. The number of hydrogen-bond acceptors (Lipinski definition) is 4. The Bertz CT molecular complexity index is 1360. The van der Waals surface area contributed by atoms with E-state index in [-0.39, 0.29) is 24.2 Å². The number of benzene rings is 2. The van der Waals surface area contributed by atoms with Crippen molar-refractivity contribution in [3.63, 3.8) is 0 Å². The number of carbonyl (C=O) groups is 2. The molecular formula is C33H34N2O3. The first-order valence-electron chi connectivity index (χ1n) is 13.8. The number of ketones is 1. The number of amides is 1. The van der Waals surface area contributed by atoms with Gasteiger partial charge in [0.2, 0.25) is 5.91 Å². The van der Waals surface area contributed by atoms with Gasteiger partial charge in [0.1, 0.15) is 12.4 Å². The van der Waals surface area contributed by atoms with Crippen LogP contribution in [0.25, 0.3) is 11.1 Å². The molecule has 5 nitrogen and oxygen atoms in total. The third kappa shape index (κ3) is 4.34. The molecule has 1 aliphatic heterocycles. The van der Waals surface area contributed by atoms with Crippen molar-refractivity contribution < 1.29 is 14.3 Å². The van der Waals surface area contributed by atoms with E-state index in [2.05, 4.69) is 40.2 Å². The normalized spacial score (nSPS) is 25.3. The van der Waals surface area contributed by atoms with Crippen LogP contribution in [0.4, 0.5) is 0 Å². The molecule has 1 spiro atoms. The fraction of sp³-hybridized carbons (Fsp3) is 0.364. The lowest BCUT2D eigenvalue weighted by molar-refractivity contribution is -0.133. The monoisotopic (exact) mass is 506 g/mol. The standard InChI is InChI=1S/C33H34N2O3/c1-2-26-18-33(19-29-28(11-6-12-30(29)33)25-8-7-17-34-20-25)32(37)35(26)21-23-13-15-24(16-14-23)31(36)22-38-27-9-4-3-5-10-27/h2-12,17,20,23-24H,13-16,18-19,21-22H2,1H3/b26-2+. The van der Waals surface area contributed by atoms with Gasteiger partial charge in [-0.15, -0.1) is 0 Å². The van der Waals surface area contributed by atoms with Gasteiger partial charge in [0.05, 0.1) is 5.41 Å². The van der Waals surface area contributed by atoms with Crippen molar-refractivity contribution in [1.29, 1.82) is 0 Å². The van der Waals surface area contributed by atoms with E-state index >= 15 is 0 Å². The SMILES string of the molecule is C/C=C1\CC2(Cc3c(-c4cccnc4)cccc32)C(=O)N1CC1CCC(C(=O)COc2ccccc2)CC1. The van der Waals surface area contributed by atoms with Gasteiger partial charge in [-0.1, -0.05) is 48.5 Å². The summed E-state index contributed by atoms with van der Waals surface area (Å²) in [5.41, 5.74) is 5.46. The van der Waals surface area contributed by atoms with Crippen LogP contribution >= 0.6 is 0 Å². The number of ether oxygens (including phenoxy) is 1. The van der Waals surface area contributed by atoms with Crippen molar-refractivity contribution in [2.24, 2.45) is 11.8 Å². The number of para-hydroxylation sites is 1. The minimum absolute atomic E-state index is 0.0566. The average molecular weight is 507 g/mol. The molecule has 2 aromatic carbocycles. The maximum Gasteiger partial charge on any atom is 0.238 e. The Morgan fingerprint density at radius 2 is 1.84 bits per heavy atom. The van der Waals surface area contributed by atoms with E-state index < -0.39 is 5.41 Å². The Balaban J connectivity index is 1.10. The molecule has 0 bridgehead atoms. The number of rotatable bonds is 7. The summed E-state index contributed by atoms with van der Waals surface area (Å²) >= 11 is 0. The summed E-state index contributed by atoms with van der Waals surface area (Å²) in [6, 6.07) is 19.9. The van der Waals surface area contributed by atoms with Crippen molar-refractivity contribution in [2.75, 3.05) is 13.2 Å². The first-order chi connectivity index (χ1) is 18.6. The average Bonchev–Trinajstić information content (AvgIpc) is 3.25. The zero-order chi connectivity index (χ0) is 26.1. The van der Waals surface area contributed by atoms with Gasteiger partial charge in [0.15, 0.2) is 5.78 Å². The van der Waals surface area contributed by atoms with Gasteiger partial charge in [-0.05, 0) is 79.8 Å². The van der Waals surface area contributed by atoms with E-state index in [9.17, 15) is 9.59 Å². The van der Waals surface area contributed by atoms with Crippen molar-refractivity contribution >= 4 is 11.7 Å². The van der Waals surface area contributed by atoms with Crippen molar-refractivity contribution in [3.05, 3.63) is 96.0 Å². The second-order valence-corrected chi connectivity index (χ2v) is 11.0.